The van der Waals surface area contributed by atoms with Crippen molar-refractivity contribution in [3.8, 4) is 0 Å². The highest BCUT2D eigenvalue weighted by molar-refractivity contribution is 5.87. The SMILES string of the molecule is CC(C)(C)n1cc(CN2CCC(c3cn[nH]c3C(=O)O)CC2)nn1. The molecule has 1 aliphatic rings. The topological polar surface area (TPSA) is 99.9 Å². The lowest BCUT2D eigenvalue weighted by molar-refractivity contribution is 0.0687. The van der Waals surface area contributed by atoms with E-state index in [1.807, 2.05) is 10.9 Å². The third-order valence-electron chi connectivity index (χ3n) is 4.52. The second kappa shape index (κ2) is 6.35. The summed E-state index contributed by atoms with van der Waals surface area (Å²) < 4.78 is 1.89. The second-order valence-electron chi connectivity index (χ2n) is 7.38. The number of aromatic nitrogens is 5. The Bertz CT molecular complexity index is 706. The van der Waals surface area contributed by atoms with Crippen molar-refractivity contribution in [3.05, 3.63) is 29.3 Å². The molecule has 130 valence electrons. The van der Waals surface area contributed by atoms with Gasteiger partial charge in [-0.25, -0.2) is 9.48 Å². The van der Waals surface area contributed by atoms with Gasteiger partial charge in [0.05, 0.1) is 23.6 Å². The molecule has 8 heteroatoms. The normalized spacial score (nSPS) is 17.3. The fraction of sp³-hybridized carbons (Fsp3) is 0.625. The van der Waals surface area contributed by atoms with Gasteiger partial charge < -0.3 is 5.11 Å². The molecule has 2 N–H and O–H groups in total. The van der Waals surface area contributed by atoms with Gasteiger partial charge in [-0.2, -0.15) is 5.10 Å². The predicted molar refractivity (Wildman–Crippen MR) is 87.8 cm³/mol. The molecule has 0 bridgehead atoms. The molecule has 0 spiro atoms. The van der Waals surface area contributed by atoms with Crippen LogP contribution in [0.2, 0.25) is 0 Å². The Hall–Kier alpha value is -2.22. The molecule has 0 radical (unpaired) electrons. The molecule has 1 aliphatic heterocycles. The van der Waals surface area contributed by atoms with Gasteiger partial charge in [0, 0.05) is 12.1 Å². The maximum absolute atomic E-state index is 11.2. The Kier molecular flexibility index (Phi) is 4.40. The predicted octanol–water partition coefficient (Wildman–Crippen LogP) is 1.83. The van der Waals surface area contributed by atoms with Crippen molar-refractivity contribution >= 4 is 5.97 Å². The standard InChI is InChI=1S/C16H24N6O2/c1-16(2,3)22-10-12(18-20-22)9-21-6-4-11(5-7-21)13-8-17-19-14(13)15(23)24/h8,10-11H,4-7,9H2,1-3H3,(H,17,19)(H,23,24). The quantitative estimate of drug-likeness (QED) is 0.886. The minimum absolute atomic E-state index is 0.0627. The third kappa shape index (κ3) is 3.48. The van der Waals surface area contributed by atoms with E-state index in [1.54, 1.807) is 6.20 Å². The van der Waals surface area contributed by atoms with E-state index in [2.05, 4.69) is 46.2 Å². The summed E-state index contributed by atoms with van der Waals surface area (Å²) in [6.45, 7) is 8.90. The number of carboxylic acid groups (broad SMARTS) is 1. The number of aromatic carboxylic acids is 1. The zero-order valence-electron chi connectivity index (χ0n) is 14.4. The summed E-state index contributed by atoms with van der Waals surface area (Å²) >= 11 is 0. The van der Waals surface area contributed by atoms with E-state index in [4.69, 9.17) is 0 Å². The molecular formula is C16H24N6O2. The number of nitrogens with one attached hydrogen (secondary N) is 1. The number of hydrogen-bond acceptors (Lipinski definition) is 5. The fourth-order valence-corrected chi connectivity index (χ4v) is 3.11. The average molecular weight is 332 g/mol. The van der Waals surface area contributed by atoms with Crippen LogP contribution in [0.4, 0.5) is 0 Å². The number of H-pyrrole nitrogens is 1. The van der Waals surface area contributed by atoms with Crippen LogP contribution in [0.5, 0.6) is 0 Å². The highest BCUT2D eigenvalue weighted by atomic mass is 16.4. The Balaban J connectivity index is 1.58. The lowest BCUT2D eigenvalue weighted by atomic mass is 9.89. The largest absolute Gasteiger partial charge is 0.477 e. The molecule has 2 aromatic rings. The van der Waals surface area contributed by atoms with Crippen LogP contribution < -0.4 is 0 Å². The third-order valence-corrected chi connectivity index (χ3v) is 4.52. The number of carboxylic acids is 1. The molecule has 3 heterocycles. The van der Waals surface area contributed by atoms with Gasteiger partial charge in [0.15, 0.2) is 0 Å². The highest BCUT2D eigenvalue weighted by Crippen LogP contribution is 2.30. The molecule has 24 heavy (non-hydrogen) atoms. The molecular weight excluding hydrogens is 308 g/mol. The molecule has 0 amide bonds. The minimum Gasteiger partial charge on any atom is -0.477 e. The zero-order chi connectivity index (χ0) is 17.3. The van der Waals surface area contributed by atoms with Gasteiger partial charge in [0.1, 0.15) is 5.69 Å². The number of piperidine rings is 1. The van der Waals surface area contributed by atoms with Crippen LogP contribution in [0.1, 0.15) is 61.3 Å². The molecule has 2 aromatic heterocycles. The molecule has 0 unspecified atom stereocenters. The number of rotatable bonds is 4. The zero-order valence-corrected chi connectivity index (χ0v) is 14.4. The van der Waals surface area contributed by atoms with Gasteiger partial charge in [-0.1, -0.05) is 5.21 Å². The molecule has 1 fully saturated rings. The number of nitrogens with zero attached hydrogens (tertiary/aromatic N) is 5. The summed E-state index contributed by atoms with van der Waals surface area (Å²) in [6.07, 6.45) is 5.50. The van der Waals surface area contributed by atoms with Crippen LogP contribution in [-0.2, 0) is 12.1 Å². The molecule has 0 atom stereocenters. The van der Waals surface area contributed by atoms with Gasteiger partial charge in [0.25, 0.3) is 0 Å². The number of aromatic amines is 1. The van der Waals surface area contributed by atoms with Crippen molar-refractivity contribution in [2.24, 2.45) is 0 Å². The lowest BCUT2D eigenvalue weighted by Gasteiger charge is -2.31. The summed E-state index contributed by atoms with van der Waals surface area (Å²) in [5.74, 6) is -0.694. The number of hydrogen-bond donors (Lipinski definition) is 2. The lowest BCUT2D eigenvalue weighted by Crippen LogP contribution is -2.33. The van der Waals surface area contributed by atoms with Gasteiger partial charge in [0.2, 0.25) is 0 Å². The van der Waals surface area contributed by atoms with Crippen LogP contribution in [0.15, 0.2) is 12.4 Å². The number of carbonyl (C=O) groups is 1. The van der Waals surface area contributed by atoms with Crippen LogP contribution in [0.3, 0.4) is 0 Å². The second-order valence-corrected chi connectivity index (χ2v) is 7.38. The highest BCUT2D eigenvalue weighted by Gasteiger charge is 2.26. The van der Waals surface area contributed by atoms with E-state index in [1.165, 1.54) is 0 Å². The maximum Gasteiger partial charge on any atom is 0.354 e. The Morgan fingerprint density at radius 2 is 2.08 bits per heavy atom. The van der Waals surface area contributed by atoms with Crippen molar-refractivity contribution < 1.29 is 9.90 Å². The molecule has 0 aliphatic carbocycles. The smallest absolute Gasteiger partial charge is 0.354 e. The summed E-state index contributed by atoms with van der Waals surface area (Å²) in [7, 11) is 0. The van der Waals surface area contributed by atoms with Gasteiger partial charge >= 0.3 is 5.97 Å². The molecule has 0 aromatic carbocycles. The first kappa shape index (κ1) is 16.6. The summed E-state index contributed by atoms with van der Waals surface area (Å²) in [5.41, 5.74) is 1.95. The summed E-state index contributed by atoms with van der Waals surface area (Å²) in [6, 6.07) is 0. The van der Waals surface area contributed by atoms with Gasteiger partial charge in [-0.3, -0.25) is 10.00 Å². The first-order chi connectivity index (χ1) is 11.3. The van der Waals surface area contributed by atoms with Crippen LogP contribution >= 0.6 is 0 Å². The maximum atomic E-state index is 11.2. The van der Waals surface area contributed by atoms with E-state index < -0.39 is 5.97 Å². The molecule has 3 rings (SSSR count). The van der Waals surface area contributed by atoms with Gasteiger partial charge in [-0.05, 0) is 52.6 Å². The van der Waals surface area contributed by atoms with E-state index in [0.717, 1.165) is 43.7 Å². The molecule has 8 nitrogen and oxygen atoms in total. The Labute approximate surface area is 140 Å². The average Bonchev–Trinajstić information content (AvgIpc) is 3.16. The summed E-state index contributed by atoms with van der Waals surface area (Å²) in [4.78, 5) is 13.6. The minimum atomic E-state index is -0.941. The number of likely N-dealkylation sites (tertiary alicyclic amines) is 1. The van der Waals surface area contributed by atoms with Crippen LogP contribution in [0.25, 0.3) is 0 Å². The molecule has 0 saturated carbocycles. The molecule has 1 saturated heterocycles. The van der Waals surface area contributed by atoms with E-state index in [-0.39, 0.29) is 17.2 Å². The summed E-state index contributed by atoms with van der Waals surface area (Å²) in [5, 5.41) is 24.1. The van der Waals surface area contributed by atoms with Gasteiger partial charge in [-0.15, -0.1) is 5.10 Å². The monoisotopic (exact) mass is 332 g/mol. The van der Waals surface area contributed by atoms with E-state index in [9.17, 15) is 9.90 Å². The van der Waals surface area contributed by atoms with Crippen LogP contribution in [0, 0.1) is 0 Å². The first-order valence-corrected chi connectivity index (χ1v) is 8.25. The van der Waals surface area contributed by atoms with Crippen molar-refractivity contribution in [1.82, 2.24) is 30.1 Å². The van der Waals surface area contributed by atoms with E-state index in [0.29, 0.717) is 0 Å². The van der Waals surface area contributed by atoms with Crippen molar-refractivity contribution in [1.29, 1.82) is 0 Å². The van der Waals surface area contributed by atoms with Crippen LogP contribution in [-0.4, -0.2) is 54.3 Å². The Morgan fingerprint density at radius 1 is 1.38 bits per heavy atom. The van der Waals surface area contributed by atoms with E-state index >= 15 is 0 Å². The fourth-order valence-electron chi connectivity index (χ4n) is 3.11. The first-order valence-electron chi connectivity index (χ1n) is 8.25. The van der Waals surface area contributed by atoms with Crippen molar-refractivity contribution in [2.45, 2.75) is 51.6 Å². The van der Waals surface area contributed by atoms with Crippen molar-refractivity contribution in [2.75, 3.05) is 13.1 Å². The van der Waals surface area contributed by atoms with Crippen molar-refractivity contribution in [3.63, 3.8) is 0 Å². The Morgan fingerprint density at radius 3 is 2.67 bits per heavy atom.